The third-order valence-corrected chi connectivity index (χ3v) is 26.9. The van der Waals surface area contributed by atoms with Crippen LogP contribution >= 0.6 is 11.8 Å². The predicted octanol–water partition coefficient (Wildman–Crippen LogP) is 9.31. The lowest BCUT2D eigenvalue weighted by atomic mass is 9.93. The van der Waals surface area contributed by atoms with Gasteiger partial charge in [0.25, 0.3) is 11.8 Å². The Morgan fingerprint density at radius 1 is 0.466 bits per heavy atom. The van der Waals surface area contributed by atoms with Crippen LogP contribution in [0.2, 0.25) is 0 Å². The van der Waals surface area contributed by atoms with Gasteiger partial charge >= 0.3 is 12.2 Å². The first-order valence-corrected chi connectivity index (χ1v) is 53.1. The lowest BCUT2D eigenvalue weighted by Gasteiger charge is -2.26. The van der Waals surface area contributed by atoms with E-state index < -0.39 is 124 Å². The average Bonchev–Trinajstić information content (AvgIpc) is 1.61. The number of methoxy groups -OCH3 is 4. The number of fused-ring (bicyclic) bond motifs is 2. The van der Waals surface area contributed by atoms with Gasteiger partial charge in [0.1, 0.15) is 36.9 Å². The number of unbranched alkanes of at least 4 members (excludes halogenated alkanes) is 3. The van der Waals surface area contributed by atoms with E-state index in [0.717, 1.165) is 11.1 Å². The predicted molar refractivity (Wildman–Crippen MR) is 544 cm³/mol. The topological polar surface area (TPSA) is 481 Å². The molecule has 0 radical (unpaired) electrons. The normalized spacial score (nSPS) is 19.7. The smallest absolute Gasteiger partial charge is 0.414 e. The Hall–Kier alpha value is -10.8. The molecule has 146 heavy (non-hydrogen) atoms. The summed E-state index contributed by atoms with van der Waals surface area (Å²) in [6.07, 6.45) is 3.19. The maximum absolute atomic E-state index is 14.7. The SMILES string of the molecule is C=C1C[C@H]2CN3C(=O)OCc4ccc(cc4)NC(=O)[C@H](CCCCNC(=O)CCOCCOCCOCCOCCOCCOCCOCCOCCOC)NC(=O)[C@H](C)CC(=O)C[C@@H](NS(=O)(=O)CCSC)C(=O)C[C@@H](C)C(=O)N[C@@H](CCCCCC(=O)CCOCCOC)C(=O)Nc4ccc(cc4)COC(=O)N4C[C@@H]5CC(=C)CN5C(=O)c5cc(OC)c(cc54)OCCCCCOc4cc3c(cc4OC)C(=O)N2C1. The first-order chi connectivity index (χ1) is 70.6. The van der Waals surface area contributed by atoms with Crippen molar-refractivity contribution in [1.29, 1.82) is 0 Å². The van der Waals surface area contributed by atoms with Crippen LogP contribution in [0.5, 0.6) is 23.0 Å². The molecule has 8 aliphatic rings. The summed E-state index contributed by atoms with van der Waals surface area (Å²) in [5.74, 6) is -7.14. The molecule has 8 heterocycles. The molecule has 6 N–H and O–H groups in total. The van der Waals surface area contributed by atoms with Crippen molar-refractivity contribution in [1.82, 2.24) is 30.5 Å². The number of hydrogen-bond donors (Lipinski definition) is 6. The van der Waals surface area contributed by atoms with Gasteiger partial charge in [0, 0.05) is 113 Å². The molecule has 808 valence electrons. The van der Waals surface area contributed by atoms with Crippen LogP contribution in [0.4, 0.5) is 32.3 Å². The second-order valence-electron chi connectivity index (χ2n) is 36.1. The summed E-state index contributed by atoms with van der Waals surface area (Å²) in [5, 5.41) is 14.1. The summed E-state index contributed by atoms with van der Waals surface area (Å²) in [6, 6.07) is 14.0. The Morgan fingerprint density at radius 2 is 0.877 bits per heavy atom. The maximum Gasteiger partial charge on any atom is 0.414 e. The zero-order chi connectivity index (χ0) is 105. The number of rotatable bonds is 51. The lowest BCUT2D eigenvalue weighted by Crippen LogP contribution is -2.48. The van der Waals surface area contributed by atoms with E-state index in [1.54, 1.807) is 103 Å². The van der Waals surface area contributed by atoms with Gasteiger partial charge in [-0.25, -0.2) is 22.7 Å². The highest BCUT2D eigenvalue weighted by atomic mass is 32.2. The van der Waals surface area contributed by atoms with Crippen molar-refractivity contribution in [3.63, 3.8) is 0 Å². The quantitative estimate of drug-likeness (QED) is 0.0177. The van der Waals surface area contributed by atoms with Crippen LogP contribution in [0.3, 0.4) is 0 Å². The molecule has 41 nitrogen and oxygen atoms in total. The van der Waals surface area contributed by atoms with E-state index >= 15 is 0 Å². The molecule has 4 aromatic carbocycles. The molecule has 9 amide bonds. The first kappa shape index (κ1) is 119. The van der Waals surface area contributed by atoms with Crippen molar-refractivity contribution in [2.75, 3.05) is 245 Å². The fourth-order valence-electron chi connectivity index (χ4n) is 16.6. The van der Waals surface area contributed by atoms with Crippen molar-refractivity contribution in [2.45, 2.75) is 173 Å². The largest absolute Gasteiger partial charge is 0.493 e. The van der Waals surface area contributed by atoms with Crippen LogP contribution in [-0.4, -0.2) is 344 Å². The molecule has 4 aromatic rings. The van der Waals surface area contributed by atoms with Crippen LogP contribution in [0, 0.1) is 11.8 Å². The van der Waals surface area contributed by atoms with Gasteiger partial charge < -0.3 is 117 Å². The number of ketones is 3. The highest BCUT2D eigenvalue weighted by molar-refractivity contribution is 7.99. The average molecular weight is 2090 g/mol. The number of nitrogens with zero attached hydrogens (tertiary/aromatic N) is 4. The standard InChI is InChI=1S/C103H148N10O31S2/c1-71-56-79-67-112-88-63-93(91(130-7)61-83(88)100(122)110(79)65-71)141-32-16-11-17-33-142-94-64-89-84(62-92(94)131-8)101(123)111-66-72(2)57-80(111)68-113(89)103(125)144-70-76-23-27-78(28-24-76)106-99(121)86(20-14-15-31-104-95(117)30-35-133-40-41-135-44-45-137-48-49-139-52-53-140-51-50-138-47-46-136-43-42-134-39-37-129-6)107-96(118)73(3)58-82(115)60-87(109-146(126,127)55-54-145-9)90(116)59-74(4)97(119)108-85(19-13-10-12-18-81(114)29-34-132-38-36-128-5)98(120)105-77-25-21-75(22-26-77)69-143-102(112)124/h21-28,61-64,73-74,79-80,85-87,109H,1-2,10-20,29-60,65-70H2,3-9H3,(H,104,117)(H,105,120)(H,106,121)(H,107,118)(H,108,119)/t73-,74-,79+,80+,85+,86+,87-/m1/s1. The summed E-state index contributed by atoms with van der Waals surface area (Å²) < 4.78 is 126. The number of carbonyl (C=O) groups is 12. The molecule has 0 saturated carbocycles. The van der Waals surface area contributed by atoms with Gasteiger partial charge in [-0.15, -0.1) is 0 Å². The van der Waals surface area contributed by atoms with E-state index in [0.29, 0.717) is 175 Å². The van der Waals surface area contributed by atoms with E-state index in [-0.39, 0.29) is 210 Å². The van der Waals surface area contributed by atoms with E-state index in [9.17, 15) is 66.0 Å². The lowest BCUT2D eigenvalue weighted by molar-refractivity contribution is -0.133. The molecule has 0 spiro atoms. The monoisotopic (exact) mass is 2080 g/mol. The number of sulfonamides is 1. The van der Waals surface area contributed by atoms with Crippen LogP contribution in [0.15, 0.2) is 97.1 Å². The third kappa shape index (κ3) is 41.0. The summed E-state index contributed by atoms with van der Waals surface area (Å²) in [4.78, 5) is 177. The van der Waals surface area contributed by atoms with E-state index in [1.807, 2.05) is 0 Å². The summed E-state index contributed by atoms with van der Waals surface area (Å²) in [5.41, 5.74) is 3.96. The van der Waals surface area contributed by atoms with Crippen LogP contribution in [0.1, 0.15) is 161 Å². The minimum absolute atomic E-state index is 0.0222. The van der Waals surface area contributed by atoms with Gasteiger partial charge in [-0.3, -0.25) is 57.7 Å². The number of carbonyl (C=O) groups excluding carboxylic acids is 12. The van der Waals surface area contributed by atoms with Gasteiger partial charge in [0.05, 0.1) is 219 Å². The molecular formula is C103H148N10O31S2. The molecule has 8 aliphatic heterocycles. The number of anilines is 4. The van der Waals surface area contributed by atoms with Crippen molar-refractivity contribution in [3.05, 3.63) is 119 Å². The molecule has 2 saturated heterocycles. The first-order valence-electron chi connectivity index (χ1n) is 50.0. The van der Waals surface area contributed by atoms with Crippen LogP contribution in [0.25, 0.3) is 0 Å². The van der Waals surface area contributed by atoms with Crippen molar-refractivity contribution in [2.24, 2.45) is 11.8 Å². The van der Waals surface area contributed by atoms with Gasteiger partial charge in [-0.2, -0.15) is 11.8 Å². The summed E-state index contributed by atoms with van der Waals surface area (Å²) in [7, 11) is 1.79. The highest BCUT2D eigenvalue weighted by Gasteiger charge is 2.44. The van der Waals surface area contributed by atoms with E-state index in [4.69, 9.17) is 80.5 Å². The van der Waals surface area contributed by atoms with Gasteiger partial charge in [-0.05, 0) is 118 Å². The highest BCUT2D eigenvalue weighted by Crippen LogP contribution is 2.43. The van der Waals surface area contributed by atoms with E-state index in [1.165, 1.54) is 49.6 Å². The maximum atomic E-state index is 14.7. The second-order valence-corrected chi connectivity index (χ2v) is 38.9. The Kier molecular flexibility index (Phi) is 53.0. The molecule has 0 unspecified atom stereocenters. The van der Waals surface area contributed by atoms with E-state index in [2.05, 4.69) is 44.5 Å². The number of amides is 9. The molecule has 8 bridgehead atoms. The third-order valence-electron chi connectivity index (χ3n) is 24.6. The number of benzene rings is 4. The Balaban J connectivity index is 0.874. The molecular weight excluding hydrogens is 1940 g/mol. The molecule has 2 fully saturated rings. The minimum atomic E-state index is -4.27. The van der Waals surface area contributed by atoms with Gasteiger partial charge in [0.2, 0.25) is 39.6 Å². The molecule has 0 aromatic heterocycles. The zero-order valence-electron chi connectivity index (χ0n) is 85.3. The number of ether oxygens (including phenoxy) is 17. The molecule has 0 aliphatic carbocycles. The second kappa shape index (κ2) is 65.1. The minimum Gasteiger partial charge on any atom is -0.493 e. The van der Waals surface area contributed by atoms with Gasteiger partial charge in [0.15, 0.2) is 28.8 Å². The molecule has 7 atom stereocenters. The number of hydrogen-bond acceptors (Lipinski definition) is 32. The molecule has 43 heteroatoms. The zero-order valence-corrected chi connectivity index (χ0v) is 86.9. The fraction of sp³-hybridized carbons (Fsp3) is 0.612. The van der Waals surface area contributed by atoms with Crippen molar-refractivity contribution in [3.8, 4) is 23.0 Å². The summed E-state index contributed by atoms with van der Waals surface area (Å²) >= 11 is 1.22. The molecule has 12 rings (SSSR count). The van der Waals surface area contributed by atoms with Crippen LogP contribution < -0.4 is 60.1 Å². The van der Waals surface area contributed by atoms with Crippen LogP contribution in [-0.2, 0) is 123 Å². The summed E-state index contributed by atoms with van der Waals surface area (Å²) in [6.45, 7) is 19.4. The Bertz CT molecular complexity index is 5000. The number of thioether (sulfide) groups is 1. The number of Topliss-reactive ketones (excluding diaryl/α,β-unsaturated/α-hetero) is 3. The van der Waals surface area contributed by atoms with Crippen molar-refractivity contribution < 1.29 is 146 Å². The van der Waals surface area contributed by atoms with Crippen molar-refractivity contribution >= 4 is 115 Å². The Morgan fingerprint density at radius 3 is 1.30 bits per heavy atom. The van der Waals surface area contributed by atoms with Gasteiger partial charge in [-0.1, -0.05) is 75.3 Å². The Labute approximate surface area is 859 Å². The number of nitrogens with one attached hydrogen (secondary N) is 6. The fourth-order valence-corrected chi connectivity index (χ4v) is 18.9.